The van der Waals surface area contributed by atoms with E-state index in [4.69, 9.17) is 43.8 Å². The number of fused-ring (bicyclic) bond motifs is 4. The summed E-state index contributed by atoms with van der Waals surface area (Å²) in [5.74, 6) is -0.00872. The number of rotatable bonds is 6. The van der Waals surface area contributed by atoms with Crippen LogP contribution in [0.3, 0.4) is 0 Å². The van der Waals surface area contributed by atoms with E-state index in [1.165, 1.54) is 21.8 Å². The first-order valence-corrected chi connectivity index (χ1v) is 20.4. The fourth-order valence-corrected chi connectivity index (χ4v) is 8.59. The topological polar surface area (TPSA) is 267 Å². The van der Waals surface area contributed by atoms with Gasteiger partial charge in [-0.1, -0.05) is 24.5 Å². The van der Waals surface area contributed by atoms with Crippen LogP contribution in [0.25, 0.3) is 22.3 Å². The molecule has 0 spiro atoms. The minimum Gasteiger partial charge on any atom is -0.449 e. The second kappa shape index (κ2) is 14.4. The van der Waals surface area contributed by atoms with E-state index in [-0.39, 0.29) is 40.6 Å². The summed E-state index contributed by atoms with van der Waals surface area (Å²) in [6.07, 6.45) is -9.15. The minimum atomic E-state index is -4.46. The summed E-state index contributed by atoms with van der Waals surface area (Å²) in [7, 11) is 0. The number of ether oxygens (including phenoxy) is 3. The van der Waals surface area contributed by atoms with Gasteiger partial charge in [0.05, 0.1) is 32.5 Å². The molecule has 0 saturated carbocycles. The quantitative estimate of drug-likeness (QED) is 0.107. The molecule has 7 rings (SSSR count). The van der Waals surface area contributed by atoms with Crippen molar-refractivity contribution in [3.05, 3.63) is 25.3 Å². The maximum Gasteiger partial charge on any atom is 0.412 e. The average molecular weight is 796 g/mol. The van der Waals surface area contributed by atoms with Crippen molar-refractivity contribution in [2.24, 2.45) is 5.73 Å². The summed E-state index contributed by atoms with van der Waals surface area (Å²) >= 11 is 8.02. The number of carbonyl (C=O) groups is 1. The first-order valence-electron chi connectivity index (χ1n) is 15.0. The molecule has 0 unspecified atom stereocenters. The molecule has 27 heteroatoms. The molecule has 21 nitrogen and oxygen atoms in total. The van der Waals surface area contributed by atoms with E-state index in [0.717, 1.165) is 12.7 Å². The van der Waals surface area contributed by atoms with Crippen molar-refractivity contribution in [1.82, 2.24) is 39.0 Å². The molecule has 0 aliphatic carbocycles. The largest absolute Gasteiger partial charge is 0.449 e. The Labute approximate surface area is 295 Å². The van der Waals surface area contributed by atoms with E-state index in [1.54, 1.807) is 0 Å². The van der Waals surface area contributed by atoms with Crippen LogP contribution < -0.4 is 16.8 Å². The molecule has 1 amide bonds. The van der Waals surface area contributed by atoms with Crippen LogP contribution >= 0.6 is 38.1 Å². The predicted molar refractivity (Wildman–Crippen MR) is 176 cm³/mol. The third-order valence-electron chi connectivity index (χ3n) is 7.94. The molecule has 4 aromatic rings. The highest BCUT2D eigenvalue weighted by Crippen LogP contribution is 2.60. The van der Waals surface area contributed by atoms with Crippen molar-refractivity contribution in [2.75, 3.05) is 37.4 Å². The molecule has 0 bridgehead atoms. The first-order chi connectivity index (χ1) is 24.4. The number of alkyl halides is 2. The number of nitrogens with two attached hydrogens (primary N) is 2. The van der Waals surface area contributed by atoms with E-state index >= 15 is 8.78 Å². The van der Waals surface area contributed by atoms with E-state index in [0.29, 0.717) is 13.0 Å². The van der Waals surface area contributed by atoms with Gasteiger partial charge in [-0.2, -0.15) is 0 Å². The molecular weight excluding hydrogens is 766 g/mol. The molecule has 51 heavy (non-hydrogen) atoms. The Morgan fingerprint density at radius 2 is 1.41 bits per heavy atom. The number of halogens is 2. The van der Waals surface area contributed by atoms with Crippen molar-refractivity contribution in [1.29, 1.82) is 0 Å². The lowest BCUT2D eigenvalue weighted by Gasteiger charge is -2.28. The highest BCUT2D eigenvalue weighted by molar-refractivity contribution is 8.44. The summed E-state index contributed by atoms with van der Waals surface area (Å²) in [6.45, 7) is -9.93. The lowest BCUT2D eigenvalue weighted by molar-refractivity contribution is -0.0544. The van der Waals surface area contributed by atoms with E-state index in [2.05, 4.69) is 59.7 Å². The third kappa shape index (κ3) is 7.29. The highest BCUT2D eigenvalue weighted by Gasteiger charge is 2.54. The van der Waals surface area contributed by atoms with Crippen molar-refractivity contribution in [3.63, 3.8) is 0 Å². The number of thiol groups is 2. The van der Waals surface area contributed by atoms with Crippen LogP contribution in [-0.2, 0) is 41.4 Å². The van der Waals surface area contributed by atoms with E-state index < -0.39 is 82.1 Å². The Morgan fingerprint density at radius 1 is 0.882 bits per heavy atom. The van der Waals surface area contributed by atoms with Crippen LogP contribution in [0, 0.1) is 0 Å². The number of hydrogen-bond donors (Lipinski definition) is 5. The molecule has 4 aromatic heterocycles. The Bertz CT molecular complexity index is 2030. The van der Waals surface area contributed by atoms with Gasteiger partial charge in [-0.3, -0.25) is 32.5 Å². The molecule has 10 atom stereocenters. The highest BCUT2D eigenvalue weighted by atomic mass is 32.7. The number of imidazole rings is 2. The molecule has 3 aliphatic rings. The van der Waals surface area contributed by atoms with Crippen LogP contribution in [0.2, 0.25) is 0 Å². The lowest BCUT2D eigenvalue weighted by Crippen LogP contribution is -2.36. The number of nitrogen functional groups attached to an aromatic ring is 1. The summed E-state index contributed by atoms with van der Waals surface area (Å²) in [6, 6.07) is 0. The van der Waals surface area contributed by atoms with Gasteiger partial charge in [0.1, 0.15) is 42.6 Å². The number of nitrogens with zero attached hydrogens (tertiary/aromatic N) is 8. The minimum absolute atomic E-state index is 0.0231. The van der Waals surface area contributed by atoms with Gasteiger partial charge in [0.15, 0.2) is 53.2 Å². The van der Waals surface area contributed by atoms with Crippen molar-refractivity contribution in [3.8, 4) is 0 Å². The number of amides is 1. The molecule has 0 radical (unpaired) electrons. The summed E-state index contributed by atoms with van der Waals surface area (Å²) in [5, 5.41) is 2.43. The third-order valence-corrected chi connectivity index (χ3v) is 11.2. The number of hydrogen-bond acceptors (Lipinski definition) is 18. The summed E-state index contributed by atoms with van der Waals surface area (Å²) < 4.78 is 100. The van der Waals surface area contributed by atoms with Crippen LogP contribution in [0.5, 0.6) is 0 Å². The molecule has 3 saturated heterocycles. The van der Waals surface area contributed by atoms with Gasteiger partial charge in [0.2, 0.25) is 0 Å². The van der Waals surface area contributed by atoms with Gasteiger partial charge in [-0.25, -0.2) is 52.6 Å². The molecule has 5 N–H and O–H groups in total. The number of aromatic nitrogens is 8. The Kier molecular flexibility index (Phi) is 10.2. The molecule has 3 aliphatic heterocycles. The second-order valence-corrected chi connectivity index (χ2v) is 17.0. The second-order valence-electron chi connectivity index (χ2n) is 11.2. The maximum atomic E-state index is 16.3. The average Bonchev–Trinajstić information content (AvgIpc) is 3.85. The van der Waals surface area contributed by atoms with Crippen molar-refractivity contribution < 1.29 is 55.0 Å². The van der Waals surface area contributed by atoms with Crippen molar-refractivity contribution >= 4 is 78.1 Å². The standard InChI is InChI=1S/C24H29F2N11O10P2S2/c25-12-16-10(44-22(12)36-8-33-14-18(28)29-6-31-20(14)36)4-42-49(40,51)47-17-11(5-43-48(39,50)46-16)45-23(13(17)26)37-9-34-15-19(30-7-32-21(15)37)35-24(38)41-3-1-2-27/h6-13,16-17,22-23H,1-5,27H2,(H,39,50)(H,40,51)(H2,28,29,31)(H,30,32,35,38)/t10-,11-,12-,13-,16-,17-,22-,23-,48-,49-/m1/s1. The zero-order valence-corrected chi connectivity index (χ0v) is 29.4. The summed E-state index contributed by atoms with van der Waals surface area (Å²) in [5.41, 5.74) is 11.6. The van der Waals surface area contributed by atoms with Crippen LogP contribution in [0.1, 0.15) is 18.9 Å². The number of carbonyl (C=O) groups excluding carboxylic acids is 1. The molecule has 7 heterocycles. The normalized spacial score (nSPS) is 34.5. The van der Waals surface area contributed by atoms with Crippen LogP contribution in [-0.4, -0.2) is 108 Å². The predicted octanol–water partition coefficient (Wildman–Crippen LogP) is 2.51. The molecule has 3 fully saturated rings. The fraction of sp³-hybridized carbons (Fsp3) is 0.542. The zero-order chi connectivity index (χ0) is 36.1. The monoisotopic (exact) mass is 795 g/mol. The van der Waals surface area contributed by atoms with Crippen molar-refractivity contribution in [2.45, 2.75) is 55.6 Å². The van der Waals surface area contributed by atoms with Gasteiger partial charge in [-0.15, -0.1) is 0 Å². The van der Waals surface area contributed by atoms with Gasteiger partial charge in [0, 0.05) is 0 Å². The fourth-order valence-electron chi connectivity index (χ4n) is 5.63. The first kappa shape index (κ1) is 36.3. The molecule has 276 valence electrons. The number of nitrogens with one attached hydrogen (secondary N) is 1. The SMILES string of the molecule is NCCCOC(=O)Nc1ncnc2c1ncn2[C@@H]1O[C@@H]2CO[P@@](=O)(S)O[C@H]3[C@@H](F)[C@H](n4cnc5c(N)ncnc54)O[C@@H]3CO[P@@](=O)(S)O[C@H]2[C@H]1F. The lowest BCUT2D eigenvalue weighted by atomic mass is 10.1. The Balaban J connectivity index is 1.11. The van der Waals surface area contributed by atoms with Gasteiger partial charge >= 0.3 is 19.7 Å². The Morgan fingerprint density at radius 3 is 1.98 bits per heavy atom. The Hall–Kier alpha value is -3.09. The maximum absolute atomic E-state index is 16.3. The van der Waals surface area contributed by atoms with E-state index in [9.17, 15) is 13.9 Å². The molecule has 0 aromatic carbocycles. The van der Waals surface area contributed by atoms with Gasteiger partial charge in [0.25, 0.3) is 0 Å². The van der Waals surface area contributed by atoms with Crippen LogP contribution in [0.15, 0.2) is 25.3 Å². The van der Waals surface area contributed by atoms with Gasteiger partial charge in [-0.05, 0) is 13.0 Å². The zero-order valence-electron chi connectivity index (χ0n) is 25.8. The van der Waals surface area contributed by atoms with Crippen LogP contribution in [0.4, 0.5) is 25.2 Å². The summed E-state index contributed by atoms with van der Waals surface area (Å²) in [4.78, 5) is 36.5. The van der Waals surface area contributed by atoms with Gasteiger partial charge < -0.3 is 25.7 Å². The van der Waals surface area contributed by atoms with E-state index in [1.807, 2.05) is 0 Å². The smallest absolute Gasteiger partial charge is 0.412 e. The molecular formula is C24H29F2N11O10P2S2. The number of anilines is 2.